The van der Waals surface area contributed by atoms with Crippen molar-refractivity contribution in [3.8, 4) is 5.75 Å². The summed E-state index contributed by atoms with van der Waals surface area (Å²) in [6.07, 6.45) is 2.43. The lowest BCUT2D eigenvalue weighted by Gasteiger charge is -2.37. The Morgan fingerprint density at radius 1 is 1.27 bits per heavy atom. The number of nitrogens with zero attached hydrogens (tertiary/aromatic N) is 2. The molecule has 2 N–H and O–H groups in total. The molecule has 1 amide bonds. The number of carbonyl (C=O) groups excluding carboxylic acids is 1. The van der Waals surface area contributed by atoms with Crippen LogP contribution in [-0.4, -0.2) is 82.0 Å². The van der Waals surface area contributed by atoms with E-state index in [-0.39, 0.29) is 42.1 Å². The lowest BCUT2D eigenvalue weighted by atomic mass is 10.1. The third-order valence-corrected chi connectivity index (χ3v) is 5.10. The molecule has 3 rings (SSSR count). The number of morpholine rings is 1. The maximum Gasteiger partial charge on any atom is 0.251 e. The zero-order valence-electron chi connectivity index (χ0n) is 17.8. The molecule has 2 aliphatic rings. The van der Waals surface area contributed by atoms with Gasteiger partial charge in [0.1, 0.15) is 11.9 Å². The zero-order chi connectivity index (χ0) is 20.5. The predicted octanol–water partition coefficient (Wildman–Crippen LogP) is 1.89. The molecule has 0 spiro atoms. The van der Waals surface area contributed by atoms with Crippen molar-refractivity contribution in [1.29, 1.82) is 0 Å². The molecular weight excluding hydrogens is 499 g/mol. The van der Waals surface area contributed by atoms with Crippen molar-refractivity contribution >= 4 is 35.8 Å². The van der Waals surface area contributed by atoms with Gasteiger partial charge in [-0.05, 0) is 38.0 Å². The summed E-state index contributed by atoms with van der Waals surface area (Å²) in [5.74, 6) is 1.39. The Morgan fingerprint density at radius 2 is 2.10 bits per heavy atom. The fourth-order valence-corrected chi connectivity index (χ4v) is 3.61. The molecule has 1 aromatic rings. The quantitative estimate of drug-likeness (QED) is 0.242. The summed E-state index contributed by atoms with van der Waals surface area (Å²) >= 11 is 0. The van der Waals surface area contributed by atoms with Gasteiger partial charge in [-0.15, -0.1) is 24.0 Å². The van der Waals surface area contributed by atoms with E-state index < -0.39 is 0 Å². The number of nitrogens with one attached hydrogen (secondary N) is 2. The number of halogens is 1. The lowest BCUT2D eigenvalue weighted by molar-refractivity contribution is -0.0817. The maximum atomic E-state index is 12.3. The number of guanidine groups is 1. The molecule has 9 heteroatoms. The van der Waals surface area contributed by atoms with Crippen molar-refractivity contribution in [1.82, 2.24) is 15.5 Å². The van der Waals surface area contributed by atoms with E-state index in [9.17, 15) is 4.79 Å². The van der Waals surface area contributed by atoms with Crippen LogP contribution in [0, 0.1) is 0 Å². The largest absolute Gasteiger partial charge is 0.497 e. The minimum absolute atomic E-state index is 0. The number of ether oxygens (including phenoxy) is 3. The first-order valence-corrected chi connectivity index (χ1v) is 10.4. The highest BCUT2D eigenvalue weighted by molar-refractivity contribution is 14.0. The van der Waals surface area contributed by atoms with Crippen LogP contribution in [-0.2, 0) is 9.47 Å². The average molecular weight is 532 g/mol. The number of methoxy groups -OCH3 is 1. The third kappa shape index (κ3) is 6.98. The summed E-state index contributed by atoms with van der Waals surface area (Å²) in [5, 5.41) is 6.26. The number of aliphatic imine (C=N–C) groups is 1. The minimum Gasteiger partial charge on any atom is -0.497 e. The van der Waals surface area contributed by atoms with Crippen LogP contribution in [0.4, 0.5) is 0 Å². The van der Waals surface area contributed by atoms with E-state index in [0.717, 1.165) is 45.0 Å². The van der Waals surface area contributed by atoms with Crippen LogP contribution < -0.4 is 15.4 Å². The summed E-state index contributed by atoms with van der Waals surface area (Å²) in [6, 6.07) is 7.11. The van der Waals surface area contributed by atoms with Crippen LogP contribution in [0.1, 0.15) is 30.1 Å². The molecule has 168 valence electrons. The fourth-order valence-electron chi connectivity index (χ4n) is 3.61. The van der Waals surface area contributed by atoms with Crippen LogP contribution >= 0.6 is 24.0 Å². The van der Waals surface area contributed by atoms with Crippen molar-refractivity contribution in [3.63, 3.8) is 0 Å². The second-order valence-electron chi connectivity index (χ2n) is 7.13. The van der Waals surface area contributed by atoms with Gasteiger partial charge in [0.05, 0.1) is 26.4 Å². The average Bonchev–Trinajstić information content (AvgIpc) is 3.31. The number of hydrogen-bond acceptors (Lipinski definition) is 5. The molecule has 30 heavy (non-hydrogen) atoms. The molecule has 2 unspecified atom stereocenters. The highest BCUT2D eigenvalue weighted by atomic mass is 127. The molecule has 8 nitrogen and oxygen atoms in total. The molecule has 0 bridgehead atoms. The van der Waals surface area contributed by atoms with E-state index in [1.807, 2.05) is 6.07 Å². The van der Waals surface area contributed by atoms with Gasteiger partial charge in [-0.2, -0.15) is 0 Å². The summed E-state index contributed by atoms with van der Waals surface area (Å²) in [6.45, 7) is 6.87. The number of amides is 1. The van der Waals surface area contributed by atoms with Gasteiger partial charge in [-0.3, -0.25) is 9.79 Å². The SMILES string of the molecule is CCNC(=NCCNC(=O)c1cccc(OC)c1)N1CCOC(C2CCCO2)C1.I. The Bertz CT molecular complexity index is 697. The third-order valence-electron chi connectivity index (χ3n) is 5.10. The van der Waals surface area contributed by atoms with Gasteiger partial charge in [0.15, 0.2) is 5.96 Å². The first kappa shape index (κ1) is 24.7. The molecule has 2 saturated heterocycles. The second-order valence-corrected chi connectivity index (χ2v) is 7.13. The Balaban J connectivity index is 0.00000320. The number of rotatable bonds is 7. The molecule has 0 aromatic heterocycles. The monoisotopic (exact) mass is 532 g/mol. The van der Waals surface area contributed by atoms with E-state index in [0.29, 0.717) is 31.0 Å². The standard InChI is InChI=1S/C21H32N4O4.HI/c1-3-22-21(25-11-13-29-19(15-25)18-8-5-12-28-18)24-10-9-23-20(26)16-6-4-7-17(14-16)27-2;/h4,6-7,14,18-19H,3,5,8-13,15H2,1-2H3,(H,22,24)(H,23,26);1H. The second kappa shape index (κ2) is 13.0. The highest BCUT2D eigenvalue weighted by Gasteiger charge is 2.32. The van der Waals surface area contributed by atoms with Gasteiger partial charge in [0, 0.05) is 38.3 Å². The normalized spacial score (nSPS) is 21.7. The highest BCUT2D eigenvalue weighted by Crippen LogP contribution is 2.21. The van der Waals surface area contributed by atoms with E-state index in [2.05, 4.69) is 22.5 Å². The molecule has 2 heterocycles. The Labute approximate surface area is 195 Å². The minimum atomic E-state index is -0.131. The van der Waals surface area contributed by atoms with E-state index in [1.54, 1.807) is 25.3 Å². The Hall–Kier alpha value is -1.59. The van der Waals surface area contributed by atoms with E-state index in [1.165, 1.54) is 0 Å². The molecule has 0 radical (unpaired) electrons. The van der Waals surface area contributed by atoms with Gasteiger partial charge in [0.25, 0.3) is 5.91 Å². The molecular formula is C21H33IN4O4. The molecule has 2 fully saturated rings. The van der Waals surface area contributed by atoms with Gasteiger partial charge in [-0.1, -0.05) is 6.07 Å². The van der Waals surface area contributed by atoms with Gasteiger partial charge < -0.3 is 29.7 Å². The zero-order valence-corrected chi connectivity index (χ0v) is 20.1. The van der Waals surface area contributed by atoms with Gasteiger partial charge in [-0.25, -0.2) is 0 Å². The first-order chi connectivity index (χ1) is 14.2. The van der Waals surface area contributed by atoms with Crippen molar-refractivity contribution in [2.75, 3.05) is 53.0 Å². The summed E-state index contributed by atoms with van der Waals surface area (Å²) < 4.78 is 16.9. The number of benzene rings is 1. The molecule has 0 saturated carbocycles. The van der Waals surface area contributed by atoms with E-state index in [4.69, 9.17) is 19.2 Å². The van der Waals surface area contributed by atoms with E-state index >= 15 is 0 Å². The topological polar surface area (TPSA) is 84.4 Å². The maximum absolute atomic E-state index is 12.3. The summed E-state index contributed by atoms with van der Waals surface area (Å²) in [4.78, 5) is 19.2. The number of carbonyl (C=O) groups is 1. The molecule has 0 aliphatic carbocycles. The van der Waals surface area contributed by atoms with Crippen molar-refractivity contribution in [3.05, 3.63) is 29.8 Å². The summed E-state index contributed by atoms with van der Waals surface area (Å²) in [5.41, 5.74) is 0.577. The van der Waals surface area contributed by atoms with Crippen LogP contribution in [0.2, 0.25) is 0 Å². The van der Waals surface area contributed by atoms with Gasteiger partial charge in [0.2, 0.25) is 0 Å². The van der Waals surface area contributed by atoms with Crippen LogP contribution in [0.25, 0.3) is 0 Å². The van der Waals surface area contributed by atoms with Crippen LogP contribution in [0.3, 0.4) is 0 Å². The first-order valence-electron chi connectivity index (χ1n) is 10.4. The lowest BCUT2D eigenvalue weighted by Crippen LogP contribution is -2.53. The molecule has 2 atom stereocenters. The van der Waals surface area contributed by atoms with Crippen molar-refractivity contribution in [2.24, 2.45) is 4.99 Å². The summed E-state index contributed by atoms with van der Waals surface area (Å²) in [7, 11) is 1.59. The van der Waals surface area contributed by atoms with Gasteiger partial charge >= 0.3 is 0 Å². The molecule has 2 aliphatic heterocycles. The number of hydrogen-bond donors (Lipinski definition) is 2. The van der Waals surface area contributed by atoms with Crippen LogP contribution in [0.15, 0.2) is 29.3 Å². The fraction of sp³-hybridized carbons (Fsp3) is 0.619. The Kier molecular flexibility index (Phi) is 10.7. The molecule has 1 aromatic carbocycles. The van der Waals surface area contributed by atoms with Crippen LogP contribution in [0.5, 0.6) is 5.75 Å². The Morgan fingerprint density at radius 3 is 2.83 bits per heavy atom. The smallest absolute Gasteiger partial charge is 0.251 e. The predicted molar refractivity (Wildman–Crippen MR) is 127 cm³/mol. The van der Waals surface area contributed by atoms with Crippen molar-refractivity contribution in [2.45, 2.75) is 32.0 Å². The van der Waals surface area contributed by atoms with Crippen molar-refractivity contribution < 1.29 is 19.0 Å².